The lowest BCUT2D eigenvalue weighted by atomic mass is 10.1. The summed E-state index contributed by atoms with van der Waals surface area (Å²) in [5, 5.41) is 3.05. The molecule has 0 aliphatic carbocycles. The zero-order valence-corrected chi connectivity index (χ0v) is 22.7. The summed E-state index contributed by atoms with van der Waals surface area (Å²) < 4.78 is 28.4. The number of hydrogen-bond donors (Lipinski definition) is 1. The Morgan fingerprint density at radius 1 is 0.865 bits per heavy atom. The molecule has 0 bridgehead atoms. The molecule has 1 N–H and O–H groups in total. The average Bonchev–Trinajstić information content (AvgIpc) is 2.90. The van der Waals surface area contributed by atoms with E-state index in [1.54, 1.807) is 49.4 Å². The van der Waals surface area contributed by atoms with Crippen LogP contribution < -0.4 is 9.62 Å². The van der Waals surface area contributed by atoms with Crippen molar-refractivity contribution in [1.82, 2.24) is 10.2 Å². The highest BCUT2D eigenvalue weighted by atomic mass is 35.5. The predicted octanol–water partition coefficient (Wildman–Crippen LogP) is 4.72. The Morgan fingerprint density at radius 2 is 1.43 bits per heavy atom. The van der Waals surface area contributed by atoms with Crippen molar-refractivity contribution < 1.29 is 18.0 Å². The van der Waals surface area contributed by atoms with E-state index < -0.39 is 28.5 Å². The second kappa shape index (κ2) is 12.7. The summed E-state index contributed by atoms with van der Waals surface area (Å²) in [6.07, 6.45) is 0. The maximum atomic E-state index is 13.8. The quantitative estimate of drug-likeness (QED) is 0.380. The maximum Gasteiger partial charge on any atom is 0.264 e. The minimum atomic E-state index is -4.14. The summed E-state index contributed by atoms with van der Waals surface area (Å²) >= 11 is 6.39. The third kappa shape index (κ3) is 7.33. The van der Waals surface area contributed by atoms with Crippen molar-refractivity contribution in [1.29, 1.82) is 0 Å². The van der Waals surface area contributed by atoms with E-state index in [1.807, 2.05) is 44.2 Å². The molecule has 0 aliphatic rings. The van der Waals surface area contributed by atoms with Crippen molar-refractivity contribution >= 4 is 39.1 Å². The van der Waals surface area contributed by atoms with Crippen molar-refractivity contribution in [2.75, 3.05) is 17.4 Å². The Kier molecular flexibility index (Phi) is 9.72. The van der Waals surface area contributed by atoms with E-state index in [1.165, 1.54) is 17.0 Å². The van der Waals surface area contributed by atoms with E-state index in [4.69, 9.17) is 11.6 Å². The molecule has 0 unspecified atom stereocenters. The molecule has 9 heteroatoms. The number of sulfonamides is 1. The minimum Gasteiger partial charge on any atom is -0.354 e. The highest BCUT2D eigenvalue weighted by Gasteiger charge is 2.33. The van der Waals surface area contributed by atoms with Crippen molar-refractivity contribution in [3.05, 3.63) is 95.5 Å². The van der Waals surface area contributed by atoms with Crippen LogP contribution in [0.2, 0.25) is 5.02 Å². The van der Waals surface area contributed by atoms with Crippen molar-refractivity contribution in [3.63, 3.8) is 0 Å². The van der Waals surface area contributed by atoms with E-state index in [-0.39, 0.29) is 34.0 Å². The molecule has 0 fully saturated rings. The summed E-state index contributed by atoms with van der Waals surface area (Å²) in [6.45, 7) is 5.67. The summed E-state index contributed by atoms with van der Waals surface area (Å²) in [6, 6.07) is 22.8. The Bertz CT molecular complexity index is 1300. The number of benzene rings is 3. The van der Waals surface area contributed by atoms with Gasteiger partial charge in [0, 0.05) is 13.1 Å². The second-order valence-electron chi connectivity index (χ2n) is 9.10. The molecule has 0 heterocycles. The number of carbonyl (C=O) groups is 2. The van der Waals surface area contributed by atoms with E-state index >= 15 is 0 Å². The van der Waals surface area contributed by atoms with Crippen LogP contribution in [-0.4, -0.2) is 44.3 Å². The van der Waals surface area contributed by atoms with Gasteiger partial charge in [-0.15, -0.1) is 0 Å². The molecular weight excluding hydrogens is 510 g/mol. The van der Waals surface area contributed by atoms with E-state index in [9.17, 15) is 18.0 Å². The predicted molar refractivity (Wildman–Crippen MR) is 147 cm³/mol. The van der Waals surface area contributed by atoms with Gasteiger partial charge < -0.3 is 10.2 Å². The first kappa shape index (κ1) is 28.2. The molecule has 0 saturated heterocycles. The number of para-hydroxylation sites is 1. The molecule has 3 rings (SSSR count). The average molecular weight is 542 g/mol. The van der Waals surface area contributed by atoms with Crippen LogP contribution in [0.3, 0.4) is 0 Å². The molecule has 3 aromatic carbocycles. The number of halogens is 1. The molecular formula is C28H32ClN3O4S. The van der Waals surface area contributed by atoms with Crippen LogP contribution in [0.5, 0.6) is 0 Å². The topological polar surface area (TPSA) is 86.8 Å². The van der Waals surface area contributed by atoms with Gasteiger partial charge in [-0.05, 0) is 42.7 Å². The molecule has 7 nitrogen and oxygen atoms in total. The fourth-order valence-electron chi connectivity index (χ4n) is 3.70. The summed E-state index contributed by atoms with van der Waals surface area (Å²) in [5.41, 5.74) is 0.993. The first-order valence-electron chi connectivity index (χ1n) is 12.0. The van der Waals surface area contributed by atoms with Gasteiger partial charge in [0.2, 0.25) is 11.8 Å². The van der Waals surface area contributed by atoms with Gasteiger partial charge in [-0.2, -0.15) is 0 Å². The zero-order chi connectivity index (χ0) is 27.0. The Labute approximate surface area is 224 Å². The van der Waals surface area contributed by atoms with Gasteiger partial charge in [0.05, 0.1) is 15.6 Å². The van der Waals surface area contributed by atoms with E-state index in [2.05, 4.69) is 5.32 Å². The van der Waals surface area contributed by atoms with Gasteiger partial charge in [-0.25, -0.2) is 8.42 Å². The third-order valence-electron chi connectivity index (χ3n) is 5.78. The Balaban J connectivity index is 1.99. The van der Waals surface area contributed by atoms with Gasteiger partial charge in [0.1, 0.15) is 12.6 Å². The molecule has 196 valence electrons. The molecule has 0 spiro atoms. The van der Waals surface area contributed by atoms with Gasteiger partial charge in [-0.1, -0.05) is 86.1 Å². The molecule has 37 heavy (non-hydrogen) atoms. The lowest BCUT2D eigenvalue weighted by molar-refractivity contribution is -0.139. The van der Waals surface area contributed by atoms with Crippen LogP contribution in [0, 0.1) is 5.92 Å². The van der Waals surface area contributed by atoms with Crippen LogP contribution >= 0.6 is 11.6 Å². The number of nitrogens with zero attached hydrogens (tertiary/aromatic N) is 2. The second-order valence-corrected chi connectivity index (χ2v) is 11.4. The van der Waals surface area contributed by atoms with E-state index in [0.29, 0.717) is 6.54 Å². The molecule has 2 amide bonds. The normalized spacial score (nSPS) is 12.1. The number of nitrogens with one attached hydrogen (secondary N) is 1. The maximum absolute atomic E-state index is 13.8. The summed E-state index contributed by atoms with van der Waals surface area (Å²) in [4.78, 5) is 28.2. The van der Waals surface area contributed by atoms with Gasteiger partial charge in [0.15, 0.2) is 0 Å². The molecule has 3 aromatic rings. The molecule has 1 atom stereocenters. The summed E-state index contributed by atoms with van der Waals surface area (Å²) in [7, 11) is -4.14. The molecule has 0 aromatic heterocycles. The largest absolute Gasteiger partial charge is 0.354 e. The number of carbonyl (C=O) groups excluding carboxylic acids is 2. The van der Waals surface area contributed by atoms with E-state index in [0.717, 1.165) is 9.87 Å². The molecule has 0 aliphatic heterocycles. The lowest BCUT2D eigenvalue weighted by Gasteiger charge is -2.32. The Hall–Kier alpha value is -3.36. The fourth-order valence-corrected chi connectivity index (χ4v) is 5.44. The lowest BCUT2D eigenvalue weighted by Crippen LogP contribution is -2.51. The van der Waals surface area contributed by atoms with Crippen LogP contribution in [0.15, 0.2) is 89.8 Å². The monoisotopic (exact) mass is 541 g/mol. The first-order chi connectivity index (χ1) is 17.6. The molecule has 0 radical (unpaired) electrons. The summed E-state index contributed by atoms with van der Waals surface area (Å²) in [5.74, 6) is -0.607. The van der Waals surface area contributed by atoms with Crippen LogP contribution in [-0.2, 0) is 26.2 Å². The van der Waals surface area contributed by atoms with Crippen molar-refractivity contribution in [3.8, 4) is 0 Å². The molecule has 0 saturated carbocycles. The number of rotatable bonds is 11. The Morgan fingerprint density at radius 3 is 2.03 bits per heavy atom. The number of amides is 2. The van der Waals surface area contributed by atoms with Gasteiger partial charge in [-0.3, -0.25) is 13.9 Å². The van der Waals surface area contributed by atoms with Gasteiger partial charge in [0.25, 0.3) is 10.0 Å². The highest BCUT2D eigenvalue weighted by Crippen LogP contribution is 2.30. The standard InChI is InChI=1S/C28H32ClN3O4S/c1-21(2)18-30-28(34)22(3)31(19-23-12-6-4-7-13-23)27(33)20-32(26-17-11-10-16-25(26)29)37(35,36)24-14-8-5-9-15-24/h4-17,21-22H,18-20H2,1-3H3,(H,30,34)/t22-/m0/s1. The first-order valence-corrected chi connectivity index (χ1v) is 13.9. The number of hydrogen-bond acceptors (Lipinski definition) is 4. The third-order valence-corrected chi connectivity index (χ3v) is 7.87. The van der Waals surface area contributed by atoms with Crippen molar-refractivity contribution in [2.24, 2.45) is 5.92 Å². The zero-order valence-electron chi connectivity index (χ0n) is 21.2. The minimum absolute atomic E-state index is 0.0278. The van der Waals surface area contributed by atoms with Gasteiger partial charge >= 0.3 is 0 Å². The van der Waals surface area contributed by atoms with Crippen LogP contribution in [0.25, 0.3) is 0 Å². The van der Waals surface area contributed by atoms with Crippen LogP contribution in [0.1, 0.15) is 26.3 Å². The highest BCUT2D eigenvalue weighted by molar-refractivity contribution is 7.92. The smallest absolute Gasteiger partial charge is 0.264 e. The SMILES string of the molecule is CC(C)CNC(=O)[C@H](C)N(Cc1ccccc1)C(=O)CN(c1ccccc1Cl)S(=O)(=O)c1ccccc1. The van der Waals surface area contributed by atoms with Crippen LogP contribution in [0.4, 0.5) is 5.69 Å². The van der Waals surface area contributed by atoms with Crippen molar-refractivity contribution in [2.45, 2.75) is 38.3 Å². The fraction of sp³-hybridized carbons (Fsp3) is 0.286. The number of anilines is 1.